The van der Waals surface area contributed by atoms with Gasteiger partial charge in [0, 0.05) is 0 Å². The number of benzene rings is 1. The molecule has 0 atom stereocenters. The molecule has 2 aliphatic carbocycles. The zero-order valence-corrected chi connectivity index (χ0v) is 20.3. The fraction of sp³-hybridized carbons (Fsp3) is 0.700. The van der Waals surface area contributed by atoms with Crippen molar-refractivity contribution in [1.82, 2.24) is 0 Å². The minimum absolute atomic E-state index is 0.614. The first kappa shape index (κ1) is 25.0. The quantitative estimate of drug-likeness (QED) is 0.250. The van der Waals surface area contributed by atoms with Gasteiger partial charge in [0.15, 0.2) is 5.83 Å². The van der Waals surface area contributed by atoms with Crippen LogP contribution in [0.1, 0.15) is 108 Å². The molecule has 2 heteroatoms. The van der Waals surface area contributed by atoms with Gasteiger partial charge in [-0.25, -0.2) is 0 Å². The molecule has 0 aromatic heterocycles. The van der Waals surface area contributed by atoms with Crippen molar-refractivity contribution in [3.05, 3.63) is 47.3 Å². The van der Waals surface area contributed by atoms with Crippen molar-refractivity contribution in [3.63, 3.8) is 0 Å². The zero-order valence-electron chi connectivity index (χ0n) is 20.3. The van der Waals surface area contributed by atoms with Crippen LogP contribution in [-0.4, -0.2) is 0 Å². The molecule has 0 saturated heterocycles. The van der Waals surface area contributed by atoms with Gasteiger partial charge >= 0.3 is 0 Å². The smallest absolute Gasteiger partial charge is 0.195 e. The number of halogens is 1. The maximum atomic E-state index is 12.9. The van der Waals surface area contributed by atoms with Gasteiger partial charge in [-0.1, -0.05) is 76.1 Å². The van der Waals surface area contributed by atoms with Gasteiger partial charge in [0.2, 0.25) is 0 Å². The molecule has 0 unspecified atom stereocenters. The van der Waals surface area contributed by atoms with Crippen molar-refractivity contribution in [3.8, 4) is 6.07 Å². The zero-order chi connectivity index (χ0) is 22.6. The minimum Gasteiger partial charge on any atom is -0.195 e. The van der Waals surface area contributed by atoms with Gasteiger partial charge in [0.05, 0.1) is 0 Å². The monoisotopic (exact) mass is 437 g/mol. The molecule has 32 heavy (non-hydrogen) atoms. The van der Waals surface area contributed by atoms with E-state index in [0.29, 0.717) is 0 Å². The van der Waals surface area contributed by atoms with Gasteiger partial charge in [-0.05, 0) is 98.7 Å². The summed E-state index contributed by atoms with van der Waals surface area (Å²) in [6, 6.07) is 10.9. The van der Waals surface area contributed by atoms with Gasteiger partial charge in [0.1, 0.15) is 6.07 Å². The standard InChI is InChI=1S/C30H44FN/c1-2-6-24-11-13-25(14-12-24)7-3-4-8-26-15-19-28(20-16-26)29-21-17-27(18-22-29)9-5-10-30(31)23-32/h10-14,26-29H,2-9,15-22H2,1H3/t26-,27-,28-,29-. The Balaban J connectivity index is 1.25. The average molecular weight is 438 g/mol. The van der Waals surface area contributed by atoms with Gasteiger partial charge in [-0.15, -0.1) is 0 Å². The van der Waals surface area contributed by atoms with Crippen LogP contribution in [0.3, 0.4) is 0 Å². The van der Waals surface area contributed by atoms with Crippen molar-refractivity contribution in [2.24, 2.45) is 23.7 Å². The molecule has 0 bridgehead atoms. The van der Waals surface area contributed by atoms with E-state index < -0.39 is 5.83 Å². The molecular weight excluding hydrogens is 393 g/mol. The number of hydrogen-bond donors (Lipinski definition) is 0. The van der Waals surface area contributed by atoms with Gasteiger partial charge in [-0.2, -0.15) is 9.65 Å². The maximum Gasteiger partial charge on any atom is 0.196 e. The molecule has 0 radical (unpaired) electrons. The van der Waals surface area contributed by atoms with Crippen LogP contribution in [0.15, 0.2) is 36.2 Å². The first-order chi connectivity index (χ1) is 15.7. The van der Waals surface area contributed by atoms with E-state index in [0.717, 1.165) is 36.5 Å². The number of nitrogens with zero attached hydrogens (tertiary/aromatic N) is 1. The molecule has 2 fully saturated rings. The van der Waals surface area contributed by atoms with Gasteiger partial charge < -0.3 is 0 Å². The van der Waals surface area contributed by atoms with E-state index in [1.165, 1.54) is 107 Å². The summed E-state index contributed by atoms with van der Waals surface area (Å²) in [5.74, 6) is 3.00. The summed E-state index contributed by atoms with van der Waals surface area (Å²) in [6.45, 7) is 2.25. The van der Waals surface area contributed by atoms with Crippen molar-refractivity contribution in [2.75, 3.05) is 0 Å². The highest BCUT2D eigenvalue weighted by Crippen LogP contribution is 2.43. The van der Waals surface area contributed by atoms with Crippen LogP contribution in [0.5, 0.6) is 0 Å². The Morgan fingerprint density at radius 2 is 1.38 bits per heavy atom. The minimum atomic E-state index is -0.614. The summed E-state index contributed by atoms with van der Waals surface area (Å²) in [6.07, 6.45) is 22.3. The fourth-order valence-electron chi connectivity index (χ4n) is 6.31. The molecule has 0 N–H and O–H groups in total. The van der Waals surface area contributed by atoms with E-state index >= 15 is 0 Å². The van der Waals surface area contributed by atoms with Crippen LogP contribution in [-0.2, 0) is 12.8 Å². The molecule has 176 valence electrons. The Morgan fingerprint density at radius 1 is 0.844 bits per heavy atom. The summed E-state index contributed by atoms with van der Waals surface area (Å²) in [7, 11) is 0. The molecule has 1 aromatic carbocycles. The molecule has 3 rings (SSSR count). The van der Waals surface area contributed by atoms with E-state index in [1.54, 1.807) is 6.07 Å². The number of rotatable bonds is 11. The van der Waals surface area contributed by atoms with E-state index in [9.17, 15) is 4.39 Å². The molecule has 1 nitrogen and oxygen atoms in total. The van der Waals surface area contributed by atoms with Crippen molar-refractivity contribution in [1.29, 1.82) is 5.26 Å². The lowest BCUT2D eigenvalue weighted by Gasteiger charge is -2.38. The highest BCUT2D eigenvalue weighted by molar-refractivity contribution is 5.22. The second-order valence-electron chi connectivity index (χ2n) is 10.6. The number of hydrogen-bond acceptors (Lipinski definition) is 1. The molecule has 1 aromatic rings. The van der Waals surface area contributed by atoms with Crippen molar-refractivity contribution >= 4 is 0 Å². The predicted molar refractivity (Wildman–Crippen MR) is 133 cm³/mol. The first-order valence-electron chi connectivity index (χ1n) is 13.5. The lowest BCUT2D eigenvalue weighted by Crippen LogP contribution is -2.25. The highest BCUT2D eigenvalue weighted by atomic mass is 19.1. The highest BCUT2D eigenvalue weighted by Gasteiger charge is 2.30. The molecular formula is C30H44FN. The van der Waals surface area contributed by atoms with E-state index in [-0.39, 0.29) is 0 Å². The van der Waals surface area contributed by atoms with Crippen LogP contribution in [0, 0.1) is 35.0 Å². The first-order valence-corrected chi connectivity index (χ1v) is 13.5. The largest absolute Gasteiger partial charge is 0.196 e. The second kappa shape index (κ2) is 13.8. The molecule has 2 saturated carbocycles. The fourth-order valence-corrected chi connectivity index (χ4v) is 6.31. The molecule has 0 aliphatic heterocycles. The lowest BCUT2D eigenvalue weighted by molar-refractivity contribution is 0.140. The van der Waals surface area contributed by atoms with Crippen LogP contribution in [0.4, 0.5) is 4.39 Å². The Labute approximate surface area is 196 Å². The topological polar surface area (TPSA) is 23.8 Å². The SMILES string of the molecule is CCCc1ccc(CCCC[C@H]2CC[C@H]([C@H]3CC[C@H](CCC=C(F)C#N)CC3)CC2)cc1. The normalized spacial score (nSPS) is 26.6. The molecule has 0 heterocycles. The average Bonchev–Trinajstić information content (AvgIpc) is 2.84. The summed E-state index contributed by atoms with van der Waals surface area (Å²) in [4.78, 5) is 0. The second-order valence-corrected chi connectivity index (χ2v) is 10.6. The third-order valence-corrected chi connectivity index (χ3v) is 8.34. The van der Waals surface area contributed by atoms with Crippen LogP contribution >= 0.6 is 0 Å². The van der Waals surface area contributed by atoms with E-state index in [1.807, 2.05) is 0 Å². The van der Waals surface area contributed by atoms with Gasteiger partial charge in [0.25, 0.3) is 0 Å². The molecule has 0 amide bonds. The Bertz CT molecular complexity index is 712. The molecule has 0 spiro atoms. The molecule has 2 aliphatic rings. The summed E-state index contributed by atoms with van der Waals surface area (Å²) in [5, 5.41) is 8.51. The number of aryl methyl sites for hydroxylation is 2. The predicted octanol–water partition coefficient (Wildman–Crippen LogP) is 9.12. The number of unbranched alkanes of at least 4 members (excludes halogenated alkanes) is 1. The third-order valence-electron chi connectivity index (χ3n) is 8.34. The van der Waals surface area contributed by atoms with Crippen molar-refractivity contribution in [2.45, 2.75) is 110 Å². The summed E-state index contributed by atoms with van der Waals surface area (Å²) >= 11 is 0. The summed E-state index contributed by atoms with van der Waals surface area (Å²) < 4.78 is 12.9. The van der Waals surface area contributed by atoms with E-state index in [4.69, 9.17) is 5.26 Å². The number of nitriles is 1. The van der Waals surface area contributed by atoms with E-state index in [2.05, 4.69) is 31.2 Å². The summed E-state index contributed by atoms with van der Waals surface area (Å²) in [5.41, 5.74) is 2.99. The number of allylic oxidation sites excluding steroid dienone is 2. The maximum absolute atomic E-state index is 12.9. The Kier molecular flexibility index (Phi) is 10.8. The lowest BCUT2D eigenvalue weighted by atomic mass is 9.68. The van der Waals surface area contributed by atoms with Crippen LogP contribution in [0.2, 0.25) is 0 Å². The van der Waals surface area contributed by atoms with Crippen LogP contribution in [0.25, 0.3) is 0 Å². The van der Waals surface area contributed by atoms with Crippen LogP contribution < -0.4 is 0 Å². The Hall–Kier alpha value is -1.62. The van der Waals surface area contributed by atoms with Crippen molar-refractivity contribution < 1.29 is 4.39 Å². The third kappa shape index (κ3) is 8.38. The van der Waals surface area contributed by atoms with Gasteiger partial charge in [-0.3, -0.25) is 0 Å². The Morgan fingerprint density at radius 3 is 1.91 bits per heavy atom.